The highest BCUT2D eigenvalue weighted by atomic mass is 79.9. The van der Waals surface area contributed by atoms with Crippen molar-refractivity contribution in [2.75, 3.05) is 0 Å². The smallest absolute Gasteiger partial charge is 0.223 e. The molecule has 1 rings (SSSR count). The third kappa shape index (κ3) is 1.43. The molecule has 0 saturated carbocycles. The van der Waals surface area contributed by atoms with E-state index in [2.05, 4.69) is 10.1 Å². The van der Waals surface area contributed by atoms with Crippen molar-refractivity contribution in [2.24, 2.45) is 0 Å². The Balaban J connectivity index is 3.02. The van der Waals surface area contributed by atoms with Gasteiger partial charge in [0.2, 0.25) is 0 Å². The summed E-state index contributed by atoms with van der Waals surface area (Å²) in [5.41, 5.74) is 0. The topological polar surface area (TPSA) is 30.7 Å². The van der Waals surface area contributed by atoms with Crippen LogP contribution >= 0.6 is 15.9 Å². The molecule has 1 heterocycles. The molecule has 0 aromatic carbocycles. The van der Waals surface area contributed by atoms with E-state index in [1.165, 1.54) is 0 Å². The van der Waals surface area contributed by atoms with Crippen LogP contribution in [0.25, 0.3) is 0 Å². The molecule has 0 atom stereocenters. The summed E-state index contributed by atoms with van der Waals surface area (Å²) in [5.74, 6) is 0. The molecule has 3 nitrogen and oxygen atoms in total. The van der Waals surface area contributed by atoms with Gasteiger partial charge in [0.05, 0.1) is 0 Å². The number of hydrogen-bond donors (Lipinski definition) is 0. The predicted octanol–water partition coefficient (Wildman–Crippen LogP) is 1.82. The third-order valence-electron chi connectivity index (χ3n) is 1.05. The summed E-state index contributed by atoms with van der Waals surface area (Å²) in [6.45, 7) is 0. The molecule has 0 bridgehead atoms. The van der Waals surface area contributed by atoms with Crippen molar-refractivity contribution < 1.29 is 17.6 Å². The molecule has 8 heteroatoms. The molecule has 0 aliphatic carbocycles. The molecule has 0 unspecified atom stereocenters. The maximum atomic E-state index is 12.6. The monoisotopic (exact) mass is 247 g/mol. The van der Waals surface area contributed by atoms with Crippen LogP contribution in [0.15, 0.2) is 12.7 Å². The molecule has 1 aromatic rings. The number of alkyl halides is 5. The van der Waals surface area contributed by atoms with Gasteiger partial charge < -0.3 is 0 Å². The van der Waals surface area contributed by atoms with Crippen LogP contribution < -0.4 is 0 Å². The molecule has 0 spiro atoms. The number of halogens is 5. The van der Waals surface area contributed by atoms with Gasteiger partial charge in [0.1, 0.15) is 12.7 Å². The van der Waals surface area contributed by atoms with Crippen molar-refractivity contribution in [1.29, 1.82) is 0 Å². The maximum Gasteiger partial charge on any atom is 0.418 e. The van der Waals surface area contributed by atoms with E-state index in [1.54, 1.807) is 15.9 Å². The highest BCUT2D eigenvalue weighted by Gasteiger charge is 2.57. The molecule has 12 heavy (non-hydrogen) atoms. The molecule has 0 fully saturated rings. The molecule has 0 amide bonds. The Labute approximate surface area is 72.5 Å². The van der Waals surface area contributed by atoms with Crippen molar-refractivity contribution in [2.45, 2.75) is 10.9 Å². The lowest BCUT2D eigenvalue weighted by atomic mass is 10.6. The molecule has 0 aliphatic heterocycles. The van der Waals surface area contributed by atoms with Crippen LogP contribution in [0.2, 0.25) is 0 Å². The number of aromatic nitrogens is 3. The second kappa shape index (κ2) is 2.68. The zero-order valence-electron chi connectivity index (χ0n) is 5.39. The SMILES string of the molecule is FC(F)(Br)C(F)(F)n1cncn1. The summed E-state index contributed by atoms with van der Waals surface area (Å²) < 4.78 is 49.2. The highest BCUT2D eigenvalue weighted by molar-refractivity contribution is 9.10. The van der Waals surface area contributed by atoms with Gasteiger partial charge in [-0.2, -0.15) is 27.3 Å². The Morgan fingerprint density at radius 1 is 1.25 bits per heavy atom. The Morgan fingerprint density at radius 3 is 2.17 bits per heavy atom. The van der Waals surface area contributed by atoms with Gasteiger partial charge >= 0.3 is 10.9 Å². The molecule has 1 aromatic heterocycles. The molecule has 0 radical (unpaired) electrons. The zero-order valence-corrected chi connectivity index (χ0v) is 6.97. The van der Waals surface area contributed by atoms with Gasteiger partial charge in [0, 0.05) is 0 Å². The normalized spacial score (nSPS) is 13.4. The Kier molecular flexibility index (Phi) is 2.11. The van der Waals surface area contributed by atoms with Crippen LogP contribution in [0.1, 0.15) is 0 Å². The van der Waals surface area contributed by atoms with Crippen LogP contribution in [0.5, 0.6) is 0 Å². The summed E-state index contributed by atoms with van der Waals surface area (Å²) in [5, 5.41) is 2.90. The van der Waals surface area contributed by atoms with Crippen molar-refractivity contribution in [1.82, 2.24) is 14.8 Å². The van der Waals surface area contributed by atoms with E-state index in [4.69, 9.17) is 0 Å². The summed E-state index contributed by atoms with van der Waals surface area (Å²) >= 11 is 1.55. The first-order valence-corrected chi connectivity index (χ1v) is 3.44. The second-order valence-corrected chi connectivity index (χ2v) is 2.88. The minimum atomic E-state index is -4.41. The van der Waals surface area contributed by atoms with Crippen molar-refractivity contribution in [3.05, 3.63) is 12.7 Å². The lowest BCUT2D eigenvalue weighted by Crippen LogP contribution is -2.38. The molecule has 0 saturated heterocycles. The first-order chi connectivity index (χ1) is 5.36. The van der Waals surface area contributed by atoms with Gasteiger partial charge in [-0.15, -0.1) is 0 Å². The number of hydrogen-bond acceptors (Lipinski definition) is 2. The van der Waals surface area contributed by atoms with Crippen LogP contribution in [0.4, 0.5) is 17.6 Å². The highest BCUT2D eigenvalue weighted by Crippen LogP contribution is 2.42. The minimum Gasteiger partial charge on any atom is -0.223 e. The van der Waals surface area contributed by atoms with Gasteiger partial charge in [0.15, 0.2) is 0 Å². The van der Waals surface area contributed by atoms with Crippen LogP contribution in [0.3, 0.4) is 0 Å². The lowest BCUT2D eigenvalue weighted by Gasteiger charge is -2.20. The molecular weight excluding hydrogens is 246 g/mol. The van der Waals surface area contributed by atoms with Crippen molar-refractivity contribution in [3.63, 3.8) is 0 Å². The zero-order chi connectivity index (χ0) is 9.41. The van der Waals surface area contributed by atoms with E-state index in [0.29, 0.717) is 6.33 Å². The largest absolute Gasteiger partial charge is 0.418 e. The van der Waals surface area contributed by atoms with E-state index < -0.39 is 10.9 Å². The first-order valence-electron chi connectivity index (χ1n) is 2.65. The maximum absolute atomic E-state index is 12.6. The Bertz CT molecular complexity index is 254. The predicted molar refractivity (Wildman–Crippen MR) is 34.1 cm³/mol. The van der Waals surface area contributed by atoms with Gasteiger partial charge in [-0.1, -0.05) is 0 Å². The third-order valence-corrected chi connectivity index (χ3v) is 1.52. The number of nitrogens with zero attached hydrogens (tertiary/aromatic N) is 3. The van der Waals surface area contributed by atoms with Crippen LogP contribution in [-0.2, 0) is 6.05 Å². The quantitative estimate of drug-likeness (QED) is 0.590. The van der Waals surface area contributed by atoms with E-state index >= 15 is 0 Å². The van der Waals surface area contributed by atoms with E-state index in [0.717, 1.165) is 6.33 Å². The standard InChI is InChI=1S/C4H2BrF4N3/c5-3(6,7)4(8,9)12-2-10-1-11-12/h1-2H. The Hall–Kier alpha value is -0.660. The average molecular weight is 248 g/mol. The molecular formula is C4H2BrF4N3. The first kappa shape index (κ1) is 9.43. The van der Waals surface area contributed by atoms with E-state index in [9.17, 15) is 17.6 Å². The lowest BCUT2D eigenvalue weighted by molar-refractivity contribution is -0.213. The van der Waals surface area contributed by atoms with Crippen molar-refractivity contribution in [3.8, 4) is 0 Å². The van der Waals surface area contributed by atoms with Crippen LogP contribution in [-0.4, -0.2) is 19.6 Å². The molecule has 0 aliphatic rings. The fourth-order valence-electron chi connectivity index (χ4n) is 0.483. The fourth-order valence-corrected chi connectivity index (χ4v) is 0.665. The Morgan fingerprint density at radius 2 is 1.83 bits per heavy atom. The van der Waals surface area contributed by atoms with Gasteiger partial charge in [-0.05, 0) is 15.9 Å². The van der Waals surface area contributed by atoms with E-state index in [1.807, 2.05) is 0 Å². The van der Waals surface area contributed by atoms with Crippen molar-refractivity contribution >= 4 is 15.9 Å². The molecule has 0 N–H and O–H groups in total. The number of rotatable bonds is 2. The second-order valence-electron chi connectivity index (χ2n) is 1.88. The summed E-state index contributed by atoms with van der Waals surface area (Å²) in [7, 11) is 0. The van der Waals surface area contributed by atoms with E-state index in [-0.39, 0.29) is 4.68 Å². The summed E-state index contributed by atoms with van der Waals surface area (Å²) in [4.78, 5) is -1.22. The summed E-state index contributed by atoms with van der Waals surface area (Å²) in [6.07, 6.45) is 1.25. The molecule has 68 valence electrons. The fraction of sp³-hybridized carbons (Fsp3) is 0.500. The van der Waals surface area contributed by atoms with Gasteiger partial charge in [-0.3, -0.25) is 0 Å². The average Bonchev–Trinajstić information content (AvgIpc) is 2.34. The van der Waals surface area contributed by atoms with Gasteiger partial charge in [0.25, 0.3) is 0 Å². The summed E-state index contributed by atoms with van der Waals surface area (Å²) in [6, 6.07) is -4.41. The van der Waals surface area contributed by atoms with Crippen LogP contribution in [0, 0.1) is 0 Å². The minimum absolute atomic E-state index is 0.220. The van der Waals surface area contributed by atoms with Gasteiger partial charge in [-0.25, -0.2) is 4.98 Å².